The summed E-state index contributed by atoms with van der Waals surface area (Å²) in [6.45, 7) is 7.02. The SMILES string of the molecule is CNCCC1CCN(C(=O)c2nn(-c3ccc(C)cc3C)c3c2CCC3)CC1. The predicted molar refractivity (Wildman–Crippen MR) is 112 cm³/mol. The van der Waals surface area contributed by atoms with Crippen molar-refractivity contribution >= 4 is 5.91 Å². The van der Waals surface area contributed by atoms with E-state index in [2.05, 4.69) is 37.4 Å². The Morgan fingerprint density at radius 1 is 1.21 bits per heavy atom. The molecule has 0 unspecified atom stereocenters. The molecule has 0 spiro atoms. The maximum Gasteiger partial charge on any atom is 0.274 e. The zero-order chi connectivity index (χ0) is 19.7. The Kier molecular flexibility index (Phi) is 5.54. The molecule has 1 aliphatic carbocycles. The second-order valence-electron chi connectivity index (χ2n) is 8.46. The van der Waals surface area contributed by atoms with Crippen molar-refractivity contribution in [2.24, 2.45) is 5.92 Å². The highest BCUT2D eigenvalue weighted by molar-refractivity contribution is 5.94. The summed E-state index contributed by atoms with van der Waals surface area (Å²) in [5.41, 5.74) is 6.68. The van der Waals surface area contributed by atoms with Crippen LogP contribution in [0.4, 0.5) is 0 Å². The van der Waals surface area contributed by atoms with E-state index in [4.69, 9.17) is 5.10 Å². The molecule has 1 amide bonds. The van der Waals surface area contributed by atoms with Crippen molar-refractivity contribution in [2.45, 2.75) is 52.4 Å². The first-order valence-corrected chi connectivity index (χ1v) is 10.7. The van der Waals surface area contributed by atoms with Crippen LogP contribution in [0.15, 0.2) is 18.2 Å². The molecular formula is C23H32N4O. The molecule has 5 nitrogen and oxygen atoms in total. The number of carbonyl (C=O) groups excluding carboxylic acids is 1. The molecule has 1 N–H and O–H groups in total. The molecule has 0 radical (unpaired) electrons. The maximum absolute atomic E-state index is 13.3. The summed E-state index contributed by atoms with van der Waals surface area (Å²) in [4.78, 5) is 15.3. The van der Waals surface area contributed by atoms with Gasteiger partial charge in [-0.15, -0.1) is 0 Å². The largest absolute Gasteiger partial charge is 0.337 e. The molecule has 1 fully saturated rings. The van der Waals surface area contributed by atoms with E-state index in [1.165, 1.54) is 28.8 Å². The number of fused-ring (bicyclic) bond motifs is 1. The Bertz CT molecular complexity index is 862. The van der Waals surface area contributed by atoms with Crippen LogP contribution in [0.5, 0.6) is 0 Å². The molecule has 2 aliphatic rings. The lowest BCUT2D eigenvalue weighted by Gasteiger charge is -2.31. The number of benzene rings is 1. The average Bonchev–Trinajstić information content (AvgIpc) is 3.29. The molecule has 5 heteroatoms. The number of piperidine rings is 1. The summed E-state index contributed by atoms with van der Waals surface area (Å²) in [6, 6.07) is 6.45. The Balaban J connectivity index is 1.57. The summed E-state index contributed by atoms with van der Waals surface area (Å²) in [7, 11) is 2.01. The number of likely N-dealkylation sites (tertiary alicyclic amines) is 1. The van der Waals surface area contributed by atoms with Crippen molar-refractivity contribution in [1.29, 1.82) is 0 Å². The maximum atomic E-state index is 13.3. The van der Waals surface area contributed by atoms with Gasteiger partial charge in [-0.3, -0.25) is 4.79 Å². The highest BCUT2D eigenvalue weighted by atomic mass is 16.2. The lowest BCUT2D eigenvalue weighted by atomic mass is 9.93. The van der Waals surface area contributed by atoms with Gasteiger partial charge in [0, 0.05) is 24.3 Å². The topological polar surface area (TPSA) is 50.2 Å². The number of carbonyl (C=O) groups is 1. The van der Waals surface area contributed by atoms with Crippen LogP contribution in [-0.2, 0) is 12.8 Å². The third-order valence-corrected chi connectivity index (χ3v) is 6.42. The van der Waals surface area contributed by atoms with Gasteiger partial charge in [-0.25, -0.2) is 4.68 Å². The fourth-order valence-corrected chi connectivity index (χ4v) is 4.77. The summed E-state index contributed by atoms with van der Waals surface area (Å²) in [6.07, 6.45) is 6.51. The van der Waals surface area contributed by atoms with Crippen LogP contribution in [0.3, 0.4) is 0 Å². The number of nitrogens with zero attached hydrogens (tertiary/aromatic N) is 3. The Hall–Kier alpha value is -2.14. The van der Waals surface area contributed by atoms with Gasteiger partial charge in [-0.05, 0) is 83.5 Å². The number of aromatic nitrogens is 2. The lowest BCUT2D eigenvalue weighted by Crippen LogP contribution is -2.39. The number of amides is 1. The van der Waals surface area contributed by atoms with Gasteiger partial charge < -0.3 is 10.2 Å². The average molecular weight is 381 g/mol. The second kappa shape index (κ2) is 8.08. The van der Waals surface area contributed by atoms with Crippen molar-refractivity contribution in [3.05, 3.63) is 46.3 Å². The molecule has 1 aliphatic heterocycles. The zero-order valence-corrected chi connectivity index (χ0v) is 17.4. The molecule has 1 aromatic heterocycles. The van der Waals surface area contributed by atoms with E-state index in [0.717, 1.165) is 63.3 Å². The van der Waals surface area contributed by atoms with Gasteiger partial charge in [-0.1, -0.05) is 17.7 Å². The summed E-state index contributed by atoms with van der Waals surface area (Å²) in [5, 5.41) is 8.09. The van der Waals surface area contributed by atoms with Crippen LogP contribution in [0, 0.1) is 19.8 Å². The van der Waals surface area contributed by atoms with E-state index >= 15 is 0 Å². The number of hydrogen-bond donors (Lipinski definition) is 1. The summed E-state index contributed by atoms with van der Waals surface area (Å²) < 4.78 is 2.05. The molecule has 150 valence electrons. The van der Waals surface area contributed by atoms with Crippen molar-refractivity contribution in [3.63, 3.8) is 0 Å². The third kappa shape index (κ3) is 3.60. The number of rotatable bonds is 5. The van der Waals surface area contributed by atoms with Gasteiger partial charge in [-0.2, -0.15) is 5.10 Å². The highest BCUT2D eigenvalue weighted by Gasteiger charge is 2.31. The molecule has 1 aromatic carbocycles. The van der Waals surface area contributed by atoms with Gasteiger partial charge >= 0.3 is 0 Å². The fourth-order valence-electron chi connectivity index (χ4n) is 4.77. The van der Waals surface area contributed by atoms with E-state index in [9.17, 15) is 4.79 Å². The van der Waals surface area contributed by atoms with Crippen molar-refractivity contribution in [1.82, 2.24) is 20.0 Å². The zero-order valence-electron chi connectivity index (χ0n) is 17.4. The van der Waals surface area contributed by atoms with E-state index in [-0.39, 0.29) is 5.91 Å². The van der Waals surface area contributed by atoms with Crippen molar-refractivity contribution in [3.8, 4) is 5.69 Å². The van der Waals surface area contributed by atoms with E-state index in [1.807, 2.05) is 16.6 Å². The van der Waals surface area contributed by atoms with Crippen LogP contribution < -0.4 is 5.32 Å². The standard InChI is InChI=1S/C23H32N4O/c1-16-7-8-20(17(2)15-16)27-21-6-4-5-19(21)22(25-27)23(28)26-13-10-18(11-14-26)9-12-24-3/h7-8,15,18,24H,4-6,9-14H2,1-3H3. The molecule has 28 heavy (non-hydrogen) atoms. The van der Waals surface area contributed by atoms with E-state index in [1.54, 1.807) is 0 Å². The fraction of sp³-hybridized carbons (Fsp3) is 0.565. The quantitative estimate of drug-likeness (QED) is 0.864. The van der Waals surface area contributed by atoms with Crippen molar-refractivity contribution < 1.29 is 4.79 Å². The first-order valence-electron chi connectivity index (χ1n) is 10.7. The van der Waals surface area contributed by atoms with Crippen LogP contribution in [0.2, 0.25) is 0 Å². The monoisotopic (exact) mass is 380 g/mol. The minimum atomic E-state index is 0.133. The molecule has 0 atom stereocenters. The highest BCUT2D eigenvalue weighted by Crippen LogP contribution is 2.31. The molecule has 0 bridgehead atoms. The second-order valence-corrected chi connectivity index (χ2v) is 8.46. The molecule has 2 heterocycles. The van der Waals surface area contributed by atoms with E-state index in [0.29, 0.717) is 5.69 Å². The molecule has 0 saturated carbocycles. The van der Waals surface area contributed by atoms with Gasteiger partial charge in [0.1, 0.15) is 0 Å². The smallest absolute Gasteiger partial charge is 0.274 e. The van der Waals surface area contributed by atoms with Gasteiger partial charge in [0.2, 0.25) is 0 Å². The first-order chi connectivity index (χ1) is 13.6. The molecule has 4 rings (SSSR count). The molecule has 2 aromatic rings. The summed E-state index contributed by atoms with van der Waals surface area (Å²) >= 11 is 0. The number of nitrogens with one attached hydrogen (secondary N) is 1. The predicted octanol–water partition coefficient (Wildman–Crippen LogP) is 3.44. The minimum absolute atomic E-state index is 0.133. The molecule has 1 saturated heterocycles. The normalized spacial score (nSPS) is 17.2. The Morgan fingerprint density at radius 2 is 2.00 bits per heavy atom. The van der Waals surface area contributed by atoms with Crippen molar-refractivity contribution in [2.75, 3.05) is 26.7 Å². The number of hydrogen-bond acceptors (Lipinski definition) is 3. The van der Waals surface area contributed by atoms with Crippen LogP contribution in [0.1, 0.15) is 58.6 Å². The third-order valence-electron chi connectivity index (χ3n) is 6.42. The Morgan fingerprint density at radius 3 is 2.71 bits per heavy atom. The van der Waals surface area contributed by atoms with Gasteiger partial charge in [0.25, 0.3) is 5.91 Å². The van der Waals surface area contributed by atoms with Gasteiger partial charge in [0.05, 0.1) is 5.69 Å². The number of aryl methyl sites for hydroxylation is 2. The van der Waals surface area contributed by atoms with E-state index < -0.39 is 0 Å². The minimum Gasteiger partial charge on any atom is -0.337 e. The lowest BCUT2D eigenvalue weighted by molar-refractivity contribution is 0.0679. The Labute approximate surface area is 168 Å². The van der Waals surface area contributed by atoms with Crippen LogP contribution in [-0.4, -0.2) is 47.3 Å². The van der Waals surface area contributed by atoms with Crippen LogP contribution >= 0.6 is 0 Å². The molecular weight excluding hydrogens is 348 g/mol. The van der Waals surface area contributed by atoms with Gasteiger partial charge in [0.15, 0.2) is 5.69 Å². The van der Waals surface area contributed by atoms with Crippen LogP contribution in [0.25, 0.3) is 5.69 Å². The summed E-state index contributed by atoms with van der Waals surface area (Å²) in [5.74, 6) is 0.865. The first kappa shape index (κ1) is 19.2.